The van der Waals surface area contributed by atoms with E-state index in [4.69, 9.17) is 9.05 Å². The fraction of sp³-hybridized carbons (Fsp3) is 0.286. The average Bonchev–Trinajstić information content (AvgIpc) is 3.48. The summed E-state index contributed by atoms with van der Waals surface area (Å²) in [6.45, 7) is 8.17. The first kappa shape index (κ1) is 23.5. The smallest absolute Gasteiger partial charge is 0.260 e. The highest BCUT2D eigenvalue weighted by molar-refractivity contribution is 6.02. The van der Waals surface area contributed by atoms with Gasteiger partial charge in [0.05, 0.1) is 0 Å². The van der Waals surface area contributed by atoms with Gasteiger partial charge < -0.3 is 18.8 Å². The zero-order chi connectivity index (χ0) is 25.4. The predicted octanol–water partition coefficient (Wildman–Crippen LogP) is 4.99. The van der Waals surface area contributed by atoms with Crippen LogP contribution >= 0.6 is 0 Å². The molecule has 1 aliphatic rings. The predicted molar refractivity (Wildman–Crippen MR) is 134 cm³/mol. The average molecular weight is 485 g/mol. The van der Waals surface area contributed by atoms with Crippen molar-refractivity contribution in [2.75, 3.05) is 13.1 Å². The van der Waals surface area contributed by atoms with Gasteiger partial charge in [0.25, 0.3) is 11.8 Å². The van der Waals surface area contributed by atoms with Gasteiger partial charge in [-0.25, -0.2) is 0 Å². The van der Waals surface area contributed by atoms with Gasteiger partial charge in [-0.05, 0) is 27.7 Å². The van der Waals surface area contributed by atoms with Crippen molar-refractivity contribution in [2.45, 2.75) is 39.8 Å². The molecule has 0 radical (unpaired) electrons. The molecule has 0 N–H and O–H groups in total. The van der Waals surface area contributed by atoms with E-state index in [1.54, 1.807) is 23.6 Å². The topological polar surface area (TPSA) is 92.7 Å². The second-order valence-corrected chi connectivity index (χ2v) is 9.27. The number of aromatic nitrogens is 2. The van der Waals surface area contributed by atoms with Crippen LogP contribution in [-0.4, -0.2) is 57.1 Å². The van der Waals surface area contributed by atoms with Gasteiger partial charge in [-0.1, -0.05) is 71.0 Å². The molecule has 2 amide bonds. The Morgan fingerprint density at radius 2 is 1.06 bits per heavy atom. The maximum absolute atomic E-state index is 13.7. The van der Waals surface area contributed by atoms with Gasteiger partial charge in [-0.3, -0.25) is 9.59 Å². The number of nitrogens with zero attached hydrogens (tertiary/aromatic N) is 4. The van der Waals surface area contributed by atoms with E-state index in [2.05, 4.69) is 10.3 Å². The summed E-state index contributed by atoms with van der Waals surface area (Å²) in [5.41, 5.74) is 3.63. The lowest BCUT2D eigenvalue weighted by Crippen LogP contribution is -2.59. The first-order valence-corrected chi connectivity index (χ1v) is 12.0. The van der Waals surface area contributed by atoms with Crippen molar-refractivity contribution in [3.63, 3.8) is 0 Å². The molecule has 5 rings (SSSR count). The summed E-state index contributed by atoms with van der Waals surface area (Å²) in [5.74, 6) is 0.657. The molecule has 36 heavy (non-hydrogen) atoms. The Balaban J connectivity index is 1.40. The van der Waals surface area contributed by atoms with Crippen molar-refractivity contribution in [2.24, 2.45) is 0 Å². The molecule has 1 fully saturated rings. The third kappa shape index (κ3) is 4.08. The zero-order valence-electron chi connectivity index (χ0n) is 20.8. The molecular weight excluding hydrogens is 456 g/mol. The third-order valence-corrected chi connectivity index (χ3v) is 6.76. The minimum absolute atomic E-state index is 0.148. The second-order valence-electron chi connectivity index (χ2n) is 9.27. The summed E-state index contributed by atoms with van der Waals surface area (Å²) < 4.78 is 10.8. The lowest BCUT2D eigenvalue weighted by Gasteiger charge is -2.44. The van der Waals surface area contributed by atoms with Crippen LogP contribution in [0.5, 0.6) is 0 Å². The Bertz CT molecular complexity index is 1290. The molecule has 2 aromatic carbocycles. The molecular formula is C28H28N4O4. The van der Waals surface area contributed by atoms with Crippen molar-refractivity contribution >= 4 is 11.8 Å². The number of piperazine rings is 1. The number of rotatable bonds is 4. The maximum Gasteiger partial charge on any atom is 0.260 e. The van der Waals surface area contributed by atoms with E-state index in [9.17, 15) is 9.59 Å². The van der Waals surface area contributed by atoms with Crippen LogP contribution < -0.4 is 0 Å². The monoisotopic (exact) mass is 484 g/mol. The second kappa shape index (κ2) is 9.45. The van der Waals surface area contributed by atoms with Gasteiger partial charge >= 0.3 is 0 Å². The van der Waals surface area contributed by atoms with E-state index in [-0.39, 0.29) is 23.9 Å². The highest BCUT2D eigenvalue weighted by Crippen LogP contribution is 2.31. The molecule has 0 spiro atoms. The van der Waals surface area contributed by atoms with E-state index < -0.39 is 0 Å². The van der Waals surface area contributed by atoms with Crippen LogP contribution in [0, 0.1) is 13.8 Å². The van der Waals surface area contributed by atoms with Gasteiger partial charge in [0.15, 0.2) is 0 Å². The van der Waals surface area contributed by atoms with Crippen molar-refractivity contribution in [3.8, 4) is 22.5 Å². The number of carbonyl (C=O) groups is 2. The summed E-state index contributed by atoms with van der Waals surface area (Å²) in [6.07, 6.45) is 0. The lowest BCUT2D eigenvalue weighted by atomic mass is 10.0. The number of hydrogen-bond acceptors (Lipinski definition) is 6. The summed E-state index contributed by atoms with van der Waals surface area (Å²) >= 11 is 0. The molecule has 0 aliphatic carbocycles. The number of carbonyl (C=O) groups excluding carboxylic acids is 2. The Hall–Kier alpha value is -4.20. The summed E-state index contributed by atoms with van der Waals surface area (Å²) in [5, 5.41) is 8.33. The Morgan fingerprint density at radius 3 is 1.42 bits per heavy atom. The molecule has 2 atom stereocenters. The first-order valence-electron chi connectivity index (χ1n) is 12.0. The maximum atomic E-state index is 13.7. The van der Waals surface area contributed by atoms with Crippen LogP contribution in [0.4, 0.5) is 0 Å². The summed E-state index contributed by atoms with van der Waals surface area (Å²) in [4.78, 5) is 31.1. The van der Waals surface area contributed by atoms with Crippen LogP contribution in [0.2, 0.25) is 0 Å². The van der Waals surface area contributed by atoms with Crippen molar-refractivity contribution in [1.29, 1.82) is 0 Å². The molecule has 1 aliphatic heterocycles. The van der Waals surface area contributed by atoms with Crippen LogP contribution in [0.15, 0.2) is 69.7 Å². The molecule has 8 heteroatoms. The van der Waals surface area contributed by atoms with Gasteiger partial charge in [0, 0.05) is 36.3 Å². The molecule has 0 saturated carbocycles. The molecule has 1 saturated heterocycles. The fourth-order valence-electron chi connectivity index (χ4n) is 4.81. The minimum atomic E-state index is -0.212. The molecule has 8 nitrogen and oxygen atoms in total. The van der Waals surface area contributed by atoms with Gasteiger partial charge in [0.2, 0.25) is 0 Å². The lowest BCUT2D eigenvalue weighted by molar-refractivity contribution is 0.0268. The molecule has 184 valence electrons. The largest absolute Gasteiger partial charge is 0.360 e. The summed E-state index contributed by atoms with van der Waals surface area (Å²) in [6, 6.07) is 18.6. The van der Waals surface area contributed by atoms with Crippen molar-refractivity contribution in [3.05, 3.63) is 83.3 Å². The standard InChI is InChI=1S/C28H28N4O4/c1-17-15-32(28(34)24-20(4)36-30-26(24)22-13-9-6-10-14-22)18(2)16-31(17)27(33)23-19(3)35-29-25(23)21-11-7-5-8-12-21/h5-14,17-18H,15-16H2,1-4H3/t17-,18-/m1/s1. The van der Waals surface area contributed by atoms with Crippen LogP contribution in [0.3, 0.4) is 0 Å². The normalized spacial score (nSPS) is 17.9. The van der Waals surface area contributed by atoms with Crippen molar-refractivity contribution < 1.29 is 18.6 Å². The SMILES string of the molecule is Cc1onc(-c2ccccc2)c1C(=O)N1C[C@@H](C)N(C(=O)c2c(-c3ccccc3)noc2C)C[C@H]1C. The van der Waals surface area contributed by atoms with E-state index in [0.717, 1.165) is 11.1 Å². The van der Waals surface area contributed by atoms with Crippen LogP contribution in [0.25, 0.3) is 22.5 Å². The zero-order valence-corrected chi connectivity index (χ0v) is 20.8. The van der Waals surface area contributed by atoms with E-state index in [0.29, 0.717) is 47.1 Å². The first-order chi connectivity index (χ1) is 17.4. The Labute approximate surface area is 209 Å². The van der Waals surface area contributed by atoms with Crippen LogP contribution in [0.1, 0.15) is 46.1 Å². The number of aryl methyl sites for hydroxylation is 2. The highest BCUT2D eigenvalue weighted by Gasteiger charge is 2.39. The molecule has 4 aromatic rings. The quantitative estimate of drug-likeness (QED) is 0.405. The highest BCUT2D eigenvalue weighted by atomic mass is 16.5. The molecule has 3 heterocycles. The molecule has 0 bridgehead atoms. The Morgan fingerprint density at radius 1 is 0.694 bits per heavy atom. The minimum Gasteiger partial charge on any atom is -0.360 e. The van der Waals surface area contributed by atoms with E-state index in [1.165, 1.54) is 0 Å². The fourth-order valence-corrected chi connectivity index (χ4v) is 4.81. The number of amides is 2. The van der Waals surface area contributed by atoms with E-state index in [1.807, 2.05) is 74.5 Å². The van der Waals surface area contributed by atoms with Gasteiger partial charge in [-0.2, -0.15) is 0 Å². The van der Waals surface area contributed by atoms with Crippen LogP contribution in [-0.2, 0) is 0 Å². The molecule has 0 unspecified atom stereocenters. The Kier molecular flexibility index (Phi) is 6.18. The van der Waals surface area contributed by atoms with Gasteiger partial charge in [-0.15, -0.1) is 0 Å². The number of hydrogen-bond donors (Lipinski definition) is 0. The summed E-state index contributed by atoms with van der Waals surface area (Å²) in [7, 11) is 0. The third-order valence-electron chi connectivity index (χ3n) is 6.76. The molecule has 2 aromatic heterocycles. The van der Waals surface area contributed by atoms with Gasteiger partial charge in [0.1, 0.15) is 34.0 Å². The number of benzene rings is 2. The van der Waals surface area contributed by atoms with Crippen molar-refractivity contribution in [1.82, 2.24) is 20.1 Å². The van der Waals surface area contributed by atoms with E-state index >= 15 is 0 Å².